The Morgan fingerprint density at radius 1 is 1.15 bits per heavy atom. The van der Waals surface area contributed by atoms with Gasteiger partial charge in [-0.05, 0) is 63.1 Å². The summed E-state index contributed by atoms with van der Waals surface area (Å²) in [6, 6.07) is 13.5. The van der Waals surface area contributed by atoms with Gasteiger partial charge in [0.15, 0.2) is 5.82 Å². The Labute approximate surface area is 124 Å². The maximum absolute atomic E-state index is 5.82. The fourth-order valence-electron chi connectivity index (χ4n) is 1.99. The van der Waals surface area contributed by atoms with Crippen molar-refractivity contribution in [2.45, 2.75) is 6.92 Å². The average Bonchev–Trinajstić information content (AvgIpc) is 2.87. The number of benzene rings is 2. The second-order valence-corrected chi connectivity index (χ2v) is 5.35. The van der Waals surface area contributed by atoms with Gasteiger partial charge < -0.3 is 5.73 Å². The molecule has 0 saturated carbocycles. The molecule has 2 N–H and O–H groups in total. The van der Waals surface area contributed by atoms with Crippen LogP contribution < -0.4 is 5.73 Å². The number of nitrogens with two attached hydrogens (primary N) is 1. The van der Waals surface area contributed by atoms with E-state index in [2.05, 4.69) is 31.5 Å². The quantitative estimate of drug-likeness (QED) is 0.734. The molecule has 1 aromatic heterocycles. The first-order valence-electron chi connectivity index (χ1n) is 6.06. The van der Waals surface area contributed by atoms with Crippen LogP contribution in [0, 0.1) is 6.92 Å². The zero-order valence-corrected chi connectivity index (χ0v) is 12.4. The number of rotatable bonds is 2. The Kier molecular flexibility index (Phi) is 3.23. The molecular formula is C14H12BrN5. The minimum Gasteiger partial charge on any atom is -0.399 e. The highest BCUT2D eigenvalue weighted by molar-refractivity contribution is 9.10. The zero-order valence-electron chi connectivity index (χ0n) is 10.8. The summed E-state index contributed by atoms with van der Waals surface area (Å²) >= 11 is 3.55. The highest BCUT2D eigenvalue weighted by Crippen LogP contribution is 2.26. The molecule has 5 nitrogen and oxygen atoms in total. The minimum absolute atomic E-state index is 0.654. The topological polar surface area (TPSA) is 69.6 Å². The standard InChI is InChI=1S/C14H12BrN5/c1-9-5-6-13(12(15)7-9)20-14(17-18-19-20)10-3-2-4-11(16)8-10/h2-8H,16H2,1H3. The van der Waals surface area contributed by atoms with Crippen LogP contribution in [0.5, 0.6) is 0 Å². The van der Waals surface area contributed by atoms with E-state index in [0.29, 0.717) is 11.5 Å². The van der Waals surface area contributed by atoms with Crippen molar-refractivity contribution in [1.29, 1.82) is 0 Å². The van der Waals surface area contributed by atoms with Crippen molar-refractivity contribution in [2.75, 3.05) is 5.73 Å². The zero-order chi connectivity index (χ0) is 14.1. The number of nitrogens with zero attached hydrogens (tertiary/aromatic N) is 4. The molecule has 100 valence electrons. The lowest BCUT2D eigenvalue weighted by molar-refractivity contribution is 0.788. The lowest BCUT2D eigenvalue weighted by Crippen LogP contribution is -2.01. The van der Waals surface area contributed by atoms with E-state index in [1.54, 1.807) is 4.68 Å². The smallest absolute Gasteiger partial charge is 0.187 e. The third-order valence-corrected chi connectivity index (χ3v) is 3.58. The number of aryl methyl sites for hydroxylation is 1. The van der Waals surface area contributed by atoms with Gasteiger partial charge in [-0.15, -0.1) is 5.10 Å². The van der Waals surface area contributed by atoms with Crippen molar-refractivity contribution in [3.8, 4) is 17.1 Å². The van der Waals surface area contributed by atoms with Crippen LogP contribution in [0.3, 0.4) is 0 Å². The van der Waals surface area contributed by atoms with Gasteiger partial charge in [0.2, 0.25) is 0 Å². The largest absolute Gasteiger partial charge is 0.399 e. The van der Waals surface area contributed by atoms with Gasteiger partial charge in [-0.3, -0.25) is 0 Å². The van der Waals surface area contributed by atoms with Gasteiger partial charge in [-0.25, -0.2) is 0 Å². The normalized spacial score (nSPS) is 10.7. The highest BCUT2D eigenvalue weighted by Gasteiger charge is 2.13. The summed E-state index contributed by atoms with van der Waals surface area (Å²) in [6.45, 7) is 2.03. The second kappa shape index (κ2) is 5.05. The molecule has 0 aliphatic rings. The molecule has 6 heteroatoms. The summed E-state index contributed by atoms with van der Waals surface area (Å²) in [4.78, 5) is 0. The molecule has 3 rings (SSSR count). The molecule has 3 aromatic rings. The van der Waals surface area contributed by atoms with E-state index in [9.17, 15) is 0 Å². The number of halogens is 1. The second-order valence-electron chi connectivity index (χ2n) is 4.49. The van der Waals surface area contributed by atoms with Crippen LogP contribution in [0.25, 0.3) is 17.1 Å². The van der Waals surface area contributed by atoms with Crippen LogP contribution in [-0.2, 0) is 0 Å². The number of hydrogen-bond acceptors (Lipinski definition) is 4. The van der Waals surface area contributed by atoms with Gasteiger partial charge in [0, 0.05) is 15.7 Å². The Morgan fingerprint density at radius 2 is 2.00 bits per heavy atom. The van der Waals surface area contributed by atoms with E-state index in [1.807, 2.05) is 49.4 Å². The summed E-state index contributed by atoms with van der Waals surface area (Å²) in [5, 5.41) is 11.9. The lowest BCUT2D eigenvalue weighted by atomic mass is 10.2. The number of nitrogen functional groups attached to an aromatic ring is 1. The van der Waals surface area contributed by atoms with Crippen LogP contribution >= 0.6 is 15.9 Å². The van der Waals surface area contributed by atoms with E-state index in [1.165, 1.54) is 5.56 Å². The highest BCUT2D eigenvalue weighted by atomic mass is 79.9. The molecule has 0 radical (unpaired) electrons. The first kappa shape index (κ1) is 12.8. The van der Waals surface area contributed by atoms with Crippen molar-refractivity contribution < 1.29 is 0 Å². The van der Waals surface area contributed by atoms with Crippen LogP contribution in [0.2, 0.25) is 0 Å². The van der Waals surface area contributed by atoms with Crippen molar-refractivity contribution in [2.24, 2.45) is 0 Å². The molecule has 0 aliphatic heterocycles. The summed E-state index contributed by atoms with van der Waals surface area (Å²) in [5.41, 5.74) is 9.43. The van der Waals surface area contributed by atoms with Gasteiger partial charge in [-0.2, -0.15) is 4.68 Å². The van der Waals surface area contributed by atoms with Gasteiger partial charge in [0.1, 0.15) is 0 Å². The Morgan fingerprint density at radius 3 is 2.75 bits per heavy atom. The van der Waals surface area contributed by atoms with Gasteiger partial charge in [-0.1, -0.05) is 18.2 Å². The fourth-order valence-corrected chi connectivity index (χ4v) is 2.65. The van der Waals surface area contributed by atoms with Gasteiger partial charge in [0.05, 0.1) is 5.69 Å². The molecule has 0 aliphatic carbocycles. The predicted molar refractivity (Wildman–Crippen MR) is 81.4 cm³/mol. The Bertz CT molecular complexity index is 766. The molecule has 0 saturated heterocycles. The third-order valence-electron chi connectivity index (χ3n) is 2.95. The third kappa shape index (κ3) is 2.30. The van der Waals surface area contributed by atoms with E-state index in [4.69, 9.17) is 5.73 Å². The monoisotopic (exact) mass is 329 g/mol. The van der Waals surface area contributed by atoms with Crippen molar-refractivity contribution in [3.63, 3.8) is 0 Å². The molecule has 0 atom stereocenters. The molecule has 0 amide bonds. The van der Waals surface area contributed by atoms with Gasteiger partial charge >= 0.3 is 0 Å². The van der Waals surface area contributed by atoms with Crippen molar-refractivity contribution in [1.82, 2.24) is 20.2 Å². The first-order valence-corrected chi connectivity index (χ1v) is 6.85. The molecule has 20 heavy (non-hydrogen) atoms. The number of anilines is 1. The van der Waals surface area contributed by atoms with Crippen LogP contribution in [-0.4, -0.2) is 20.2 Å². The molecule has 0 unspecified atom stereocenters. The Balaban J connectivity index is 2.15. The summed E-state index contributed by atoms with van der Waals surface area (Å²) < 4.78 is 2.63. The van der Waals surface area contributed by atoms with E-state index in [0.717, 1.165) is 15.7 Å². The average molecular weight is 330 g/mol. The van der Waals surface area contributed by atoms with Crippen molar-refractivity contribution in [3.05, 3.63) is 52.5 Å². The van der Waals surface area contributed by atoms with Crippen LogP contribution in [0.4, 0.5) is 5.69 Å². The number of tetrazole rings is 1. The maximum atomic E-state index is 5.82. The SMILES string of the molecule is Cc1ccc(-n2nnnc2-c2cccc(N)c2)c(Br)c1. The number of aromatic nitrogens is 4. The molecular weight excluding hydrogens is 318 g/mol. The first-order chi connectivity index (χ1) is 9.65. The van der Waals surface area contributed by atoms with Crippen LogP contribution in [0.1, 0.15) is 5.56 Å². The minimum atomic E-state index is 0.654. The molecule has 2 aromatic carbocycles. The summed E-state index contributed by atoms with van der Waals surface area (Å²) in [5.74, 6) is 0.654. The fraction of sp³-hybridized carbons (Fsp3) is 0.0714. The Hall–Kier alpha value is -2.21. The molecule has 0 spiro atoms. The summed E-state index contributed by atoms with van der Waals surface area (Å²) in [6.07, 6.45) is 0. The van der Waals surface area contributed by atoms with Crippen molar-refractivity contribution >= 4 is 21.6 Å². The number of hydrogen-bond donors (Lipinski definition) is 1. The molecule has 0 fully saturated rings. The van der Waals surface area contributed by atoms with Crippen LogP contribution in [0.15, 0.2) is 46.9 Å². The van der Waals surface area contributed by atoms with Gasteiger partial charge in [0.25, 0.3) is 0 Å². The lowest BCUT2D eigenvalue weighted by Gasteiger charge is -2.08. The predicted octanol–water partition coefficient (Wildman–Crippen LogP) is 2.98. The van der Waals surface area contributed by atoms with E-state index < -0.39 is 0 Å². The van der Waals surface area contributed by atoms with E-state index in [-0.39, 0.29) is 0 Å². The molecule has 1 heterocycles. The van der Waals surface area contributed by atoms with E-state index >= 15 is 0 Å². The maximum Gasteiger partial charge on any atom is 0.187 e. The molecule has 0 bridgehead atoms. The summed E-state index contributed by atoms with van der Waals surface area (Å²) in [7, 11) is 0.